The molecule has 0 spiro atoms. The topological polar surface area (TPSA) is 148 Å². The second kappa shape index (κ2) is 12.7. The largest absolute Gasteiger partial charge is 0.495 e. The minimum atomic E-state index is -0.685. The van der Waals surface area contributed by atoms with Crippen LogP contribution in [0.25, 0.3) is 22.6 Å². The predicted octanol–water partition coefficient (Wildman–Crippen LogP) is 5.46. The third-order valence-corrected chi connectivity index (χ3v) is 7.18. The molecule has 0 fully saturated rings. The number of hydrogen-bond acceptors (Lipinski definition) is 10. The molecule has 0 radical (unpaired) electrons. The second-order valence-electron chi connectivity index (χ2n) is 9.73. The maximum atomic E-state index is 13.5. The normalized spacial score (nSPS) is 12.9. The van der Waals surface area contributed by atoms with Gasteiger partial charge in [0.15, 0.2) is 18.1 Å². The smallest absolute Gasteiger partial charge is 0.339 e. The zero-order valence-electron chi connectivity index (χ0n) is 24.5. The third kappa shape index (κ3) is 5.82. The minimum absolute atomic E-state index is 0.0829. The van der Waals surface area contributed by atoms with Gasteiger partial charge in [-0.2, -0.15) is 0 Å². The van der Waals surface area contributed by atoms with E-state index in [-0.39, 0.29) is 17.1 Å². The molecule has 3 aromatic carbocycles. The molecule has 0 saturated carbocycles. The summed E-state index contributed by atoms with van der Waals surface area (Å²) >= 11 is 0. The van der Waals surface area contributed by atoms with Crippen LogP contribution in [0, 0.1) is 10.1 Å². The quantitative estimate of drug-likeness (QED) is 0.141. The van der Waals surface area contributed by atoms with Crippen molar-refractivity contribution in [3.8, 4) is 23.0 Å². The van der Waals surface area contributed by atoms with E-state index in [2.05, 4.69) is 5.32 Å². The third-order valence-electron chi connectivity index (χ3n) is 7.18. The highest BCUT2D eigenvalue weighted by atomic mass is 16.6. The van der Waals surface area contributed by atoms with E-state index in [0.717, 1.165) is 11.1 Å². The number of ether oxygens (including phenoxy) is 5. The number of nitrogens with one attached hydrogen (secondary N) is 1. The van der Waals surface area contributed by atoms with Gasteiger partial charge in [0.2, 0.25) is 5.75 Å². The first kappa shape index (κ1) is 29.8. The molecule has 1 amide bonds. The Morgan fingerprint density at radius 3 is 2.30 bits per heavy atom. The lowest BCUT2D eigenvalue weighted by Gasteiger charge is -2.14. The number of fused-ring (bicyclic) bond motifs is 2. The summed E-state index contributed by atoms with van der Waals surface area (Å²) in [7, 11) is 6.00. The van der Waals surface area contributed by atoms with Gasteiger partial charge in [0.1, 0.15) is 5.75 Å². The number of nitro groups is 1. The molecule has 1 heterocycles. The highest BCUT2D eigenvalue weighted by molar-refractivity contribution is 6.08. The fraction of sp³-hybridized carbons (Fsp3) is 0.219. The van der Waals surface area contributed by atoms with Crippen LogP contribution in [0.5, 0.6) is 23.0 Å². The van der Waals surface area contributed by atoms with Crippen LogP contribution < -0.4 is 24.3 Å². The molecule has 12 nitrogen and oxygen atoms in total. The van der Waals surface area contributed by atoms with Crippen LogP contribution >= 0.6 is 0 Å². The first-order chi connectivity index (χ1) is 21.3. The summed E-state index contributed by atoms with van der Waals surface area (Å²) in [6.45, 7) is -0.621. The molecule has 0 atom stereocenters. The second-order valence-corrected chi connectivity index (χ2v) is 9.73. The van der Waals surface area contributed by atoms with Crippen molar-refractivity contribution in [2.75, 3.05) is 40.4 Å². The number of anilines is 1. The molecule has 1 aliphatic carbocycles. The fourth-order valence-electron chi connectivity index (χ4n) is 5.19. The Morgan fingerprint density at radius 2 is 1.64 bits per heavy atom. The maximum absolute atomic E-state index is 13.5. The SMILES string of the molecule is COc1ccc([N+](=O)[O-])cc1NC(=O)COC(=O)c1c2c(nc3ccccc13)C(=Cc1cc(OC)c(OC)c(OC)c1)CC2. The number of amides is 1. The summed E-state index contributed by atoms with van der Waals surface area (Å²) in [5.74, 6) is 0.346. The first-order valence-corrected chi connectivity index (χ1v) is 13.5. The number of esters is 1. The number of para-hydroxylation sites is 1. The standard InChI is InChI=1S/C32H29N3O9/c1-40-25-12-10-20(35(38)39)16-24(25)33-28(36)17-44-32(37)29-21-7-5-6-8-23(21)34-30-19(9-11-22(29)30)13-18-14-26(41-2)31(43-4)27(15-18)42-3/h5-8,10,12-16H,9,11,17H2,1-4H3,(H,33,36). The van der Waals surface area contributed by atoms with Crippen molar-refractivity contribution in [1.82, 2.24) is 4.98 Å². The van der Waals surface area contributed by atoms with E-state index < -0.39 is 23.4 Å². The first-order valence-electron chi connectivity index (χ1n) is 13.5. The van der Waals surface area contributed by atoms with Crippen LogP contribution in [0.3, 0.4) is 0 Å². The average Bonchev–Trinajstić information content (AvgIpc) is 3.43. The van der Waals surface area contributed by atoms with Crippen LogP contribution in [0.1, 0.15) is 33.6 Å². The van der Waals surface area contributed by atoms with E-state index in [1.807, 2.05) is 30.3 Å². The summed E-state index contributed by atoms with van der Waals surface area (Å²) in [6.07, 6.45) is 3.11. The van der Waals surface area contributed by atoms with Gasteiger partial charge in [0, 0.05) is 17.5 Å². The molecule has 226 valence electrons. The van der Waals surface area contributed by atoms with Gasteiger partial charge < -0.3 is 29.0 Å². The molecule has 12 heteroatoms. The maximum Gasteiger partial charge on any atom is 0.339 e. The van der Waals surface area contributed by atoms with Crippen LogP contribution in [0.15, 0.2) is 54.6 Å². The van der Waals surface area contributed by atoms with Crippen LogP contribution in [-0.4, -0.2) is 56.8 Å². The van der Waals surface area contributed by atoms with Gasteiger partial charge in [-0.15, -0.1) is 0 Å². The van der Waals surface area contributed by atoms with Gasteiger partial charge in [-0.3, -0.25) is 14.9 Å². The van der Waals surface area contributed by atoms with Gasteiger partial charge in [-0.1, -0.05) is 18.2 Å². The Kier molecular flexibility index (Phi) is 8.61. The highest BCUT2D eigenvalue weighted by Gasteiger charge is 2.28. The minimum Gasteiger partial charge on any atom is -0.495 e. The van der Waals surface area contributed by atoms with E-state index in [0.29, 0.717) is 57.8 Å². The number of aromatic nitrogens is 1. The van der Waals surface area contributed by atoms with Gasteiger partial charge in [0.05, 0.1) is 55.8 Å². The predicted molar refractivity (Wildman–Crippen MR) is 163 cm³/mol. The average molecular weight is 600 g/mol. The van der Waals surface area contributed by atoms with Crippen molar-refractivity contribution in [2.24, 2.45) is 0 Å². The zero-order valence-corrected chi connectivity index (χ0v) is 24.5. The van der Waals surface area contributed by atoms with Crippen molar-refractivity contribution >= 4 is 45.8 Å². The molecule has 1 aromatic heterocycles. The lowest BCUT2D eigenvalue weighted by Crippen LogP contribution is -2.22. The van der Waals surface area contributed by atoms with Gasteiger partial charge in [-0.05, 0) is 59.9 Å². The molecule has 1 aliphatic rings. The summed E-state index contributed by atoms with van der Waals surface area (Å²) in [6, 6.07) is 14.7. The number of hydrogen-bond donors (Lipinski definition) is 1. The van der Waals surface area contributed by atoms with Crippen LogP contribution in [0.2, 0.25) is 0 Å². The number of rotatable bonds is 10. The summed E-state index contributed by atoms with van der Waals surface area (Å²) in [5.41, 5.74) is 3.87. The lowest BCUT2D eigenvalue weighted by atomic mass is 10.0. The number of nitro benzene ring substituents is 1. The van der Waals surface area contributed by atoms with Crippen LogP contribution in [-0.2, 0) is 16.0 Å². The number of pyridine rings is 1. The Labute approximate surface area is 252 Å². The van der Waals surface area contributed by atoms with Gasteiger partial charge in [0.25, 0.3) is 11.6 Å². The summed E-state index contributed by atoms with van der Waals surface area (Å²) in [5, 5.41) is 14.3. The van der Waals surface area contributed by atoms with Gasteiger partial charge >= 0.3 is 5.97 Å². The molecule has 0 bridgehead atoms. The monoisotopic (exact) mass is 599 g/mol. The number of nitrogens with zero attached hydrogens (tertiary/aromatic N) is 2. The Hall–Kier alpha value is -5.65. The van der Waals surface area contributed by atoms with Crippen molar-refractivity contribution in [2.45, 2.75) is 12.8 Å². The molecule has 4 aromatic rings. The number of allylic oxidation sites excluding steroid dienone is 1. The molecule has 44 heavy (non-hydrogen) atoms. The van der Waals surface area contributed by atoms with E-state index in [4.69, 9.17) is 28.7 Å². The number of benzene rings is 3. The van der Waals surface area contributed by atoms with Crippen molar-refractivity contribution in [3.05, 3.63) is 87.1 Å². The molecule has 5 rings (SSSR count). The summed E-state index contributed by atoms with van der Waals surface area (Å²) in [4.78, 5) is 41.7. The number of methoxy groups -OCH3 is 4. The van der Waals surface area contributed by atoms with Crippen molar-refractivity contribution in [1.29, 1.82) is 0 Å². The van der Waals surface area contributed by atoms with E-state index in [1.54, 1.807) is 26.4 Å². The number of non-ortho nitro benzene ring substituents is 1. The van der Waals surface area contributed by atoms with E-state index in [9.17, 15) is 19.7 Å². The summed E-state index contributed by atoms with van der Waals surface area (Å²) < 4.78 is 27.1. The molecule has 1 N–H and O–H groups in total. The molecule has 0 aliphatic heterocycles. The fourth-order valence-corrected chi connectivity index (χ4v) is 5.19. The Bertz CT molecular complexity index is 1790. The molecule has 0 saturated heterocycles. The van der Waals surface area contributed by atoms with Crippen molar-refractivity contribution < 1.29 is 38.2 Å². The van der Waals surface area contributed by atoms with Crippen LogP contribution in [0.4, 0.5) is 11.4 Å². The van der Waals surface area contributed by atoms with Gasteiger partial charge in [-0.25, -0.2) is 9.78 Å². The highest BCUT2D eigenvalue weighted by Crippen LogP contribution is 2.42. The van der Waals surface area contributed by atoms with E-state index >= 15 is 0 Å². The Balaban J connectivity index is 1.44. The number of carbonyl (C=O) groups is 2. The van der Waals surface area contributed by atoms with Crippen molar-refractivity contribution in [3.63, 3.8) is 0 Å². The van der Waals surface area contributed by atoms with E-state index in [1.165, 1.54) is 32.4 Å². The molecule has 0 unspecified atom stereocenters. The zero-order chi connectivity index (χ0) is 31.4. The Morgan fingerprint density at radius 1 is 0.932 bits per heavy atom. The molecular weight excluding hydrogens is 570 g/mol. The number of carbonyl (C=O) groups excluding carboxylic acids is 2. The lowest BCUT2D eigenvalue weighted by molar-refractivity contribution is -0.384. The molecular formula is C32H29N3O9.